The Morgan fingerprint density at radius 2 is 0.984 bits per heavy atom. The molecule has 292 valence electrons. The van der Waals surface area contributed by atoms with Crippen LogP contribution in [0.15, 0.2) is 211 Å². The Kier molecular flexibility index (Phi) is 7.05. The molecule has 0 atom stereocenters. The minimum Gasteiger partial charge on any atom is -0.456 e. The Labute approximate surface area is 360 Å². The number of rotatable bonds is 4. The molecule has 0 aliphatic rings. The standard InChI is InChI=1S/C58H34N4O/c1-3-16-39-35(14-1)30-33-42-41-18-5-10-24-48(41)62(57(39)42)58-40-17-4-2-15-37(40)34-50-54(58)43-19-6-11-25-49(43)61(50)38-31-28-36(29-32-38)55-56(60-47-23-9-8-22-46(47)59-55)45-21-13-27-52-53(45)44-20-7-12-26-51(44)63-52/h1-34H. The van der Waals surface area contributed by atoms with E-state index in [1.54, 1.807) is 0 Å². The van der Waals surface area contributed by atoms with Gasteiger partial charge in [0.25, 0.3) is 0 Å². The maximum absolute atomic E-state index is 6.34. The third-order valence-electron chi connectivity index (χ3n) is 13.1. The highest BCUT2D eigenvalue weighted by Crippen LogP contribution is 2.46. The van der Waals surface area contributed by atoms with Crippen molar-refractivity contribution < 1.29 is 4.42 Å². The summed E-state index contributed by atoms with van der Waals surface area (Å²) in [6.45, 7) is 0. The topological polar surface area (TPSA) is 48.8 Å². The fraction of sp³-hybridized carbons (Fsp3) is 0. The molecule has 4 heterocycles. The zero-order valence-corrected chi connectivity index (χ0v) is 33.8. The normalized spacial score (nSPS) is 12.1. The van der Waals surface area contributed by atoms with Crippen molar-refractivity contribution in [2.45, 2.75) is 0 Å². The maximum Gasteiger partial charge on any atom is 0.136 e. The fourth-order valence-electron chi connectivity index (χ4n) is 10.4. The molecule has 0 radical (unpaired) electrons. The summed E-state index contributed by atoms with van der Waals surface area (Å²) in [5.74, 6) is 0. The Bertz CT molecular complexity index is 4210. The summed E-state index contributed by atoms with van der Waals surface area (Å²) in [5, 5.41) is 11.9. The molecule has 0 spiro atoms. The van der Waals surface area contributed by atoms with Gasteiger partial charge < -0.3 is 13.6 Å². The summed E-state index contributed by atoms with van der Waals surface area (Å²) in [6.07, 6.45) is 0. The van der Waals surface area contributed by atoms with Crippen LogP contribution in [0.4, 0.5) is 0 Å². The lowest BCUT2D eigenvalue weighted by atomic mass is 9.98. The molecule has 5 nitrogen and oxygen atoms in total. The number of furan rings is 1. The predicted molar refractivity (Wildman–Crippen MR) is 261 cm³/mol. The van der Waals surface area contributed by atoms with Crippen LogP contribution in [0.25, 0.3) is 132 Å². The van der Waals surface area contributed by atoms with E-state index in [0.29, 0.717) is 0 Å². The van der Waals surface area contributed by atoms with Crippen LogP contribution in [0.2, 0.25) is 0 Å². The molecular formula is C58H34N4O. The Morgan fingerprint density at radius 1 is 0.365 bits per heavy atom. The van der Waals surface area contributed by atoms with Crippen LogP contribution < -0.4 is 0 Å². The lowest BCUT2D eigenvalue weighted by Crippen LogP contribution is -1.99. The van der Waals surface area contributed by atoms with Gasteiger partial charge in [-0.25, -0.2) is 9.97 Å². The van der Waals surface area contributed by atoms with Gasteiger partial charge in [0.1, 0.15) is 11.2 Å². The van der Waals surface area contributed by atoms with Crippen LogP contribution in [0.1, 0.15) is 0 Å². The third-order valence-corrected chi connectivity index (χ3v) is 13.1. The summed E-state index contributed by atoms with van der Waals surface area (Å²) < 4.78 is 11.3. The van der Waals surface area contributed by atoms with Gasteiger partial charge in [0.15, 0.2) is 0 Å². The highest BCUT2D eigenvalue weighted by Gasteiger charge is 2.24. The molecule has 0 unspecified atom stereocenters. The summed E-state index contributed by atoms with van der Waals surface area (Å²) >= 11 is 0. The number of aromatic nitrogens is 4. The number of nitrogens with zero attached hydrogens (tertiary/aromatic N) is 4. The Hall–Kier alpha value is -8.54. The Morgan fingerprint density at radius 3 is 1.79 bits per heavy atom. The van der Waals surface area contributed by atoms with Gasteiger partial charge in [-0.15, -0.1) is 0 Å². The second kappa shape index (κ2) is 13.0. The number of para-hydroxylation sites is 5. The molecule has 0 saturated heterocycles. The van der Waals surface area contributed by atoms with E-state index in [1.807, 2.05) is 48.5 Å². The van der Waals surface area contributed by atoms with E-state index in [0.717, 1.165) is 72.2 Å². The van der Waals surface area contributed by atoms with E-state index in [-0.39, 0.29) is 0 Å². The molecule has 4 aromatic heterocycles. The minimum atomic E-state index is 0.824. The van der Waals surface area contributed by atoms with Crippen molar-refractivity contribution in [3.8, 4) is 33.9 Å². The van der Waals surface area contributed by atoms with E-state index in [9.17, 15) is 0 Å². The summed E-state index contributed by atoms with van der Waals surface area (Å²) in [6, 6.07) is 73.7. The zero-order chi connectivity index (χ0) is 41.2. The van der Waals surface area contributed by atoms with Crippen LogP contribution in [0.3, 0.4) is 0 Å². The van der Waals surface area contributed by atoms with Gasteiger partial charge >= 0.3 is 0 Å². The first kappa shape index (κ1) is 34.2. The molecule has 0 aliphatic carbocycles. The monoisotopic (exact) mass is 802 g/mol. The first-order chi connectivity index (χ1) is 31.3. The predicted octanol–water partition coefficient (Wildman–Crippen LogP) is 15.4. The van der Waals surface area contributed by atoms with E-state index in [1.165, 1.54) is 59.8 Å². The average Bonchev–Trinajstić information content (AvgIpc) is 4.01. The minimum absolute atomic E-state index is 0.824. The zero-order valence-electron chi connectivity index (χ0n) is 33.8. The first-order valence-corrected chi connectivity index (χ1v) is 21.4. The van der Waals surface area contributed by atoms with Crippen molar-refractivity contribution in [1.82, 2.24) is 19.1 Å². The molecule has 10 aromatic carbocycles. The van der Waals surface area contributed by atoms with Crippen LogP contribution >= 0.6 is 0 Å². The van der Waals surface area contributed by atoms with Crippen molar-refractivity contribution in [2.75, 3.05) is 0 Å². The van der Waals surface area contributed by atoms with Gasteiger partial charge in [0.05, 0.1) is 50.2 Å². The number of fused-ring (bicyclic) bond motifs is 13. The molecule has 14 rings (SSSR count). The SMILES string of the molecule is c1ccc2c(-n3c4ccccc4c4ccc5ccccc5c43)c3c4ccccc4n(-c4ccc(-c5nc6ccccc6nc5-c5cccc6oc7ccccc7c56)cc4)c3cc2c1. The number of benzene rings is 10. The molecule has 0 amide bonds. The molecule has 0 bridgehead atoms. The van der Waals surface area contributed by atoms with Crippen LogP contribution in [-0.2, 0) is 0 Å². The van der Waals surface area contributed by atoms with Crippen LogP contribution in [-0.4, -0.2) is 19.1 Å². The van der Waals surface area contributed by atoms with Crippen LogP contribution in [0.5, 0.6) is 0 Å². The Balaban J connectivity index is 1.03. The van der Waals surface area contributed by atoms with Gasteiger partial charge in [-0.3, -0.25) is 0 Å². The third kappa shape index (κ3) is 4.87. The quantitative estimate of drug-likeness (QED) is 0.178. The van der Waals surface area contributed by atoms with E-state index < -0.39 is 0 Å². The molecule has 5 heteroatoms. The first-order valence-electron chi connectivity index (χ1n) is 21.4. The second-order valence-electron chi connectivity index (χ2n) is 16.5. The van der Waals surface area contributed by atoms with Crippen molar-refractivity contribution in [1.29, 1.82) is 0 Å². The molecule has 0 fully saturated rings. The summed E-state index contributed by atoms with van der Waals surface area (Å²) in [7, 11) is 0. The molecular weight excluding hydrogens is 769 g/mol. The molecule has 14 aromatic rings. The van der Waals surface area contributed by atoms with Gasteiger partial charge in [-0.1, -0.05) is 152 Å². The fourth-order valence-corrected chi connectivity index (χ4v) is 10.4. The van der Waals surface area contributed by atoms with Gasteiger partial charge in [-0.05, 0) is 65.4 Å². The highest BCUT2D eigenvalue weighted by molar-refractivity contribution is 6.25. The highest BCUT2D eigenvalue weighted by atomic mass is 16.3. The average molecular weight is 803 g/mol. The van der Waals surface area contributed by atoms with E-state index >= 15 is 0 Å². The molecule has 0 aliphatic heterocycles. The maximum atomic E-state index is 6.34. The van der Waals surface area contributed by atoms with E-state index in [4.69, 9.17) is 14.4 Å². The molecule has 0 saturated carbocycles. The van der Waals surface area contributed by atoms with Crippen molar-refractivity contribution >= 4 is 98.1 Å². The molecule has 63 heavy (non-hydrogen) atoms. The van der Waals surface area contributed by atoms with Crippen molar-refractivity contribution in [2.24, 2.45) is 0 Å². The van der Waals surface area contributed by atoms with E-state index in [2.05, 4.69) is 167 Å². The number of hydrogen-bond acceptors (Lipinski definition) is 3. The largest absolute Gasteiger partial charge is 0.456 e. The summed E-state index contributed by atoms with van der Waals surface area (Å²) in [4.78, 5) is 10.7. The van der Waals surface area contributed by atoms with Crippen molar-refractivity contribution in [3.05, 3.63) is 206 Å². The second-order valence-corrected chi connectivity index (χ2v) is 16.5. The smallest absolute Gasteiger partial charge is 0.136 e. The van der Waals surface area contributed by atoms with Gasteiger partial charge in [0.2, 0.25) is 0 Å². The van der Waals surface area contributed by atoms with Crippen molar-refractivity contribution in [3.63, 3.8) is 0 Å². The molecule has 0 N–H and O–H groups in total. The van der Waals surface area contributed by atoms with Gasteiger partial charge in [0, 0.05) is 59.9 Å². The number of hydrogen-bond donors (Lipinski definition) is 0. The lowest BCUT2D eigenvalue weighted by Gasteiger charge is -2.16. The summed E-state index contributed by atoms with van der Waals surface area (Å²) in [5.41, 5.74) is 14.0. The van der Waals surface area contributed by atoms with Crippen LogP contribution in [0, 0.1) is 0 Å². The van der Waals surface area contributed by atoms with Gasteiger partial charge in [-0.2, -0.15) is 0 Å². The lowest BCUT2D eigenvalue weighted by molar-refractivity contribution is 0.669.